The highest BCUT2D eigenvalue weighted by molar-refractivity contribution is 6.28. The first-order valence-corrected chi connectivity index (χ1v) is 6.21. The van der Waals surface area contributed by atoms with Crippen molar-refractivity contribution >= 4 is 22.6 Å². The summed E-state index contributed by atoms with van der Waals surface area (Å²) >= 11 is 5.85. The van der Waals surface area contributed by atoms with E-state index in [2.05, 4.69) is 26.8 Å². The second-order valence-electron chi connectivity index (χ2n) is 4.43. The first-order chi connectivity index (χ1) is 7.84. The van der Waals surface area contributed by atoms with Crippen LogP contribution in [0.1, 0.15) is 38.1 Å². The average molecular weight is 236 g/mol. The van der Waals surface area contributed by atoms with Gasteiger partial charge in [0.05, 0.1) is 0 Å². The lowest BCUT2D eigenvalue weighted by Gasteiger charge is -2.23. The number of nitrogens with zero attached hydrogens (tertiary/aromatic N) is 3. The summed E-state index contributed by atoms with van der Waals surface area (Å²) in [5.41, 5.74) is 0.979. The summed E-state index contributed by atoms with van der Waals surface area (Å²) < 4.78 is 2.27. The molecule has 1 aliphatic carbocycles. The summed E-state index contributed by atoms with van der Waals surface area (Å²) in [6.45, 7) is 0. The molecule has 16 heavy (non-hydrogen) atoms. The van der Waals surface area contributed by atoms with Crippen molar-refractivity contribution in [3.63, 3.8) is 0 Å². The maximum atomic E-state index is 5.85. The maximum Gasteiger partial charge on any atom is 0.224 e. The smallest absolute Gasteiger partial charge is 0.224 e. The van der Waals surface area contributed by atoms with Gasteiger partial charge in [-0.15, -0.1) is 0 Å². The minimum Gasteiger partial charge on any atom is -0.329 e. The fourth-order valence-electron chi connectivity index (χ4n) is 2.57. The van der Waals surface area contributed by atoms with E-state index in [1.807, 2.05) is 0 Å². The molecule has 0 atom stereocenters. The summed E-state index contributed by atoms with van der Waals surface area (Å²) in [5, 5.41) is 1.42. The number of halogens is 1. The van der Waals surface area contributed by atoms with E-state index in [0.717, 1.165) is 11.0 Å². The van der Waals surface area contributed by atoms with Gasteiger partial charge in [-0.25, -0.2) is 4.98 Å². The van der Waals surface area contributed by atoms with Crippen molar-refractivity contribution in [1.82, 2.24) is 14.5 Å². The highest BCUT2D eigenvalue weighted by Gasteiger charge is 2.17. The van der Waals surface area contributed by atoms with Gasteiger partial charge >= 0.3 is 0 Å². The van der Waals surface area contributed by atoms with Gasteiger partial charge in [0.25, 0.3) is 0 Å². The van der Waals surface area contributed by atoms with Crippen LogP contribution in [-0.4, -0.2) is 14.5 Å². The first-order valence-electron chi connectivity index (χ1n) is 5.84. The summed E-state index contributed by atoms with van der Waals surface area (Å²) in [6.07, 6.45) is 10.4. The van der Waals surface area contributed by atoms with Crippen LogP contribution in [0.25, 0.3) is 11.0 Å². The van der Waals surface area contributed by atoms with Gasteiger partial charge in [0.2, 0.25) is 5.28 Å². The van der Waals surface area contributed by atoms with Crippen LogP contribution in [0.5, 0.6) is 0 Å². The number of hydrogen-bond donors (Lipinski definition) is 0. The topological polar surface area (TPSA) is 30.7 Å². The highest BCUT2D eigenvalue weighted by atomic mass is 35.5. The molecule has 0 aliphatic heterocycles. The van der Waals surface area contributed by atoms with Gasteiger partial charge in [0.1, 0.15) is 5.65 Å². The lowest BCUT2D eigenvalue weighted by atomic mass is 9.95. The van der Waals surface area contributed by atoms with E-state index < -0.39 is 0 Å². The molecule has 2 aromatic heterocycles. The van der Waals surface area contributed by atoms with E-state index in [9.17, 15) is 0 Å². The van der Waals surface area contributed by atoms with Crippen molar-refractivity contribution in [2.75, 3.05) is 0 Å². The Hall–Kier alpha value is -1.09. The Morgan fingerprint density at radius 1 is 1.25 bits per heavy atom. The Balaban J connectivity index is 2.05. The Morgan fingerprint density at radius 2 is 2.06 bits per heavy atom. The number of fused-ring (bicyclic) bond motifs is 1. The molecule has 4 heteroatoms. The molecule has 0 spiro atoms. The van der Waals surface area contributed by atoms with Crippen LogP contribution < -0.4 is 0 Å². The molecular weight excluding hydrogens is 222 g/mol. The fourth-order valence-corrected chi connectivity index (χ4v) is 2.70. The zero-order valence-electron chi connectivity index (χ0n) is 9.06. The molecule has 1 saturated carbocycles. The van der Waals surface area contributed by atoms with Crippen molar-refractivity contribution in [2.24, 2.45) is 0 Å². The van der Waals surface area contributed by atoms with E-state index in [1.165, 1.54) is 32.1 Å². The summed E-state index contributed by atoms with van der Waals surface area (Å²) in [4.78, 5) is 8.33. The standard InChI is InChI=1S/C12H14ClN3/c13-12-14-8-9-6-7-16(11(9)15-12)10-4-2-1-3-5-10/h6-8,10H,1-5H2. The third-order valence-electron chi connectivity index (χ3n) is 3.39. The predicted octanol–water partition coefficient (Wildman–Crippen LogP) is 3.59. The Labute approximate surface area is 99.5 Å². The normalized spacial score (nSPS) is 18.1. The van der Waals surface area contributed by atoms with Gasteiger partial charge in [0, 0.05) is 23.8 Å². The van der Waals surface area contributed by atoms with Gasteiger partial charge in [-0.2, -0.15) is 4.98 Å². The van der Waals surface area contributed by atoms with Gasteiger partial charge in [-0.3, -0.25) is 0 Å². The van der Waals surface area contributed by atoms with E-state index in [4.69, 9.17) is 11.6 Å². The molecule has 0 bridgehead atoms. The van der Waals surface area contributed by atoms with Crippen LogP contribution in [0.15, 0.2) is 18.5 Å². The van der Waals surface area contributed by atoms with Crippen LogP contribution in [-0.2, 0) is 0 Å². The van der Waals surface area contributed by atoms with Crippen LogP contribution >= 0.6 is 11.6 Å². The van der Waals surface area contributed by atoms with Gasteiger partial charge in [0.15, 0.2) is 0 Å². The van der Waals surface area contributed by atoms with Crippen molar-refractivity contribution in [1.29, 1.82) is 0 Å². The third kappa shape index (κ3) is 1.69. The molecule has 0 saturated heterocycles. The monoisotopic (exact) mass is 235 g/mol. The molecule has 3 nitrogen and oxygen atoms in total. The fraction of sp³-hybridized carbons (Fsp3) is 0.500. The van der Waals surface area contributed by atoms with Crippen LogP contribution in [0.4, 0.5) is 0 Å². The highest BCUT2D eigenvalue weighted by Crippen LogP contribution is 2.30. The van der Waals surface area contributed by atoms with E-state index in [-0.39, 0.29) is 0 Å². The molecule has 0 N–H and O–H groups in total. The Kier molecular flexibility index (Phi) is 2.56. The third-order valence-corrected chi connectivity index (χ3v) is 3.58. The largest absolute Gasteiger partial charge is 0.329 e. The molecule has 84 valence electrons. The van der Waals surface area contributed by atoms with Crippen LogP contribution in [0, 0.1) is 0 Å². The SMILES string of the molecule is Clc1ncc2ccn(C3CCCCC3)c2n1. The van der Waals surface area contributed by atoms with Crippen LogP contribution in [0.2, 0.25) is 5.28 Å². The molecule has 0 unspecified atom stereocenters. The number of hydrogen-bond acceptors (Lipinski definition) is 2. The Bertz CT molecular complexity index is 500. The lowest BCUT2D eigenvalue weighted by Crippen LogP contribution is -2.12. The van der Waals surface area contributed by atoms with Crippen molar-refractivity contribution in [2.45, 2.75) is 38.1 Å². The van der Waals surface area contributed by atoms with Crippen molar-refractivity contribution < 1.29 is 0 Å². The molecule has 0 amide bonds. The quantitative estimate of drug-likeness (QED) is 0.708. The summed E-state index contributed by atoms with van der Waals surface area (Å²) in [7, 11) is 0. The molecular formula is C12H14ClN3. The Morgan fingerprint density at radius 3 is 2.88 bits per heavy atom. The summed E-state index contributed by atoms with van der Waals surface area (Å²) in [5.74, 6) is 0. The van der Waals surface area contributed by atoms with E-state index in [0.29, 0.717) is 11.3 Å². The first kappa shape index (κ1) is 10.1. The molecule has 3 rings (SSSR count). The van der Waals surface area contributed by atoms with Gasteiger partial charge < -0.3 is 4.57 Å². The lowest BCUT2D eigenvalue weighted by molar-refractivity contribution is 0.359. The molecule has 2 heterocycles. The maximum absolute atomic E-state index is 5.85. The molecule has 2 aromatic rings. The minimum absolute atomic E-state index is 0.336. The van der Waals surface area contributed by atoms with Crippen molar-refractivity contribution in [3.8, 4) is 0 Å². The average Bonchev–Trinajstić information content (AvgIpc) is 2.73. The molecule has 1 fully saturated rings. The summed E-state index contributed by atoms with van der Waals surface area (Å²) in [6, 6.07) is 2.66. The number of aromatic nitrogens is 3. The second kappa shape index (κ2) is 4.06. The van der Waals surface area contributed by atoms with Crippen LogP contribution in [0.3, 0.4) is 0 Å². The second-order valence-corrected chi connectivity index (χ2v) is 4.77. The zero-order valence-corrected chi connectivity index (χ0v) is 9.82. The van der Waals surface area contributed by atoms with E-state index >= 15 is 0 Å². The molecule has 1 aliphatic rings. The zero-order chi connectivity index (χ0) is 11.0. The van der Waals surface area contributed by atoms with Gasteiger partial charge in [-0.1, -0.05) is 19.3 Å². The molecule has 0 aromatic carbocycles. The number of rotatable bonds is 1. The van der Waals surface area contributed by atoms with Crippen molar-refractivity contribution in [3.05, 3.63) is 23.7 Å². The minimum atomic E-state index is 0.336. The molecule has 0 radical (unpaired) electrons. The van der Waals surface area contributed by atoms with Gasteiger partial charge in [-0.05, 0) is 30.5 Å². The predicted molar refractivity (Wildman–Crippen MR) is 64.7 cm³/mol. The van der Waals surface area contributed by atoms with E-state index in [1.54, 1.807) is 6.20 Å².